The number of halogens is 1. The number of nitrogens with one attached hydrogen (secondary N) is 1. The van der Waals surface area contributed by atoms with Gasteiger partial charge in [-0.05, 0) is 52.4 Å². The summed E-state index contributed by atoms with van der Waals surface area (Å²) in [5.74, 6) is 7.24. The molecule has 0 amide bonds. The second kappa shape index (κ2) is 6.92. The van der Waals surface area contributed by atoms with Crippen LogP contribution >= 0.6 is 22.6 Å². The van der Waals surface area contributed by atoms with Crippen LogP contribution in [0.5, 0.6) is 11.5 Å². The first-order valence-corrected chi connectivity index (χ1v) is 7.21. The maximum absolute atomic E-state index is 5.74. The first-order valence-electron chi connectivity index (χ1n) is 6.13. The fraction of sp³-hybridized carbons (Fsp3) is 0.200. The smallest absolute Gasteiger partial charge is 0.127 e. The summed E-state index contributed by atoms with van der Waals surface area (Å²) in [6, 6.07) is 13.8. The Hall–Kier alpha value is -1.31. The van der Waals surface area contributed by atoms with E-state index in [1.165, 1.54) is 0 Å². The molecule has 0 fully saturated rings. The summed E-state index contributed by atoms with van der Waals surface area (Å²) in [6.07, 6.45) is 0. The van der Waals surface area contributed by atoms with E-state index in [2.05, 4.69) is 34.1 Å². The highest BCUT2D eigenvalue weighted by Gasteiger charge is 2.17. The van der Waals surface area contributed by atoms with Crippen LogP contribution in [-0.2, 0) is 0 Å². The van der Waals surface area contributed by atoms with E-state index in [4.69, 9.17) is 15.3 Å². The van der Waals surface area contributed by atoms with Crippen molar-refractivity contribution in [3.05, 3.63) is 57.2 Å². The average molecular weight is 384 g/mol. The van der Waals surface area contributed by atoms with Crippen molar-refractivity contribution in [1.82, 2.24) is 5.43 Å². The molecule has 106 valence electrons. The Labute approximate surface area is 132 Å². The minimum Gasteiger partial charge on any atom is -0.497 e. The molecular formula is C15H17IN2O2. The normalized spacial score (nSPS) is 12.0. The lowest BCUT2D eigenvalue weighted by atomic mass is 9.98. The van der Waals surface area contributed by atoms with Crippen LogP contribution in [0.4, 0.5) is 0 Å². The van der Waals surface area contributed by atoms with Crippen LogP contribution in [0.1, 0.15) is 17.2 Å². The highest BCUT2D eigenvalue weighted by molar-refractivity contribution is 14.1. The van der Waals surface area contributed by atoms with E-state index >= 15 is 0 Å². The average Bonchev–Trinajstić information content (AvgIpc) is 2.48. The van der Waals surface area contributed by atoms with Crippen LogP contribution in [0.2, 0.25) is 0 Å². The minimum atomic E-state index is -0.134. The van der Waals surface area contributed by atoms with E-state index in [-0.39, 0.29) is 6.04 Å². The third-order valence-corrected chi connectivity index (χ3v) is 3.77. The van der Waals surface area contributed by atoms with Gasteiger partial charge in [-0.2, -0.15) is 0 Å². The van der Waals surface area contributed by atoms with Gasteiger partial charge in [-0.15, -0.1) is 0 Å². The third-order valence-electron chi connectivity index (χ3n) is 3.10. The molecule has 2 aromatic carbocycles. The first-order chi connectivity index (χ1) is 9.69. The SMILES string of the molecule is COc1ccc(C(NN)c2cccc(I)c2)c(OC)c1. The highest BCUT2D eigenvalue weighted by atomic mass is 127. The largest absolute Gasteiger partial charge is 0.497 e. The zero-order valence-electron chi connectivity index (χ0n) is 11.4. The molecule has 0 heterocycles. The van der Waals surface area contributed by atoms with Crippen molar-refractivity contribution in [2.24, 2.45) is 5.84 Å². The number of hydrazine groups is 1. The number of hydrogen-bond acceptors (Lipinski definition) is 4. The molecular weight excluding hydrogens is 367 g/mol. The van der Waals surface area contributed by atoms with E-state index in [1.807, 2.05) is 36.4 Å². The van der Waals surface area contributed by atoms with Gasteiger partial charge in [-0.3, -0.25) is 5.84 Å². The Morgan fingerprint density at radius 3 is 2.50 bits per heavy atom. The number of rotatable bonds is 5. The second-order valence-electron chi connectivity index (χ2n) is 4.26. The van der Waals surface area contributed by atoms with Crippen molar-refractivity contribution in [3.8, 4) is 11.5 Å². The lowest BCUT2D eigenvalue weighted by molar-refractivity contribution is 0.387. The van der Waals surface area contributed by atoms with Gasteiger partial charge >= 0.3 is 0 Å². The van der Waals surface area contributed by atoms with E-state index in [9.17, 15) is 0 Å². The monoisotopic (exact) mass is 384 g/mol. The quantitative estimate of drug-likeness (QED) is 0.473. The van der Waals surface area contributed by atoms with Crippen molar-refractivity contribution >= 4 is 22.6 Å². The molecule has 2 rings (SSSR count). The molecule has 0 saturated heterocycles. The van der Waals surface area contributed by atoms with Crippen molar-refractivity contribution in [3.63, 3.8) is 0 Å². The number of hydrogen-bond donors (Lipinski definition) is 2. The number of benzene rings is 2. The Morgan fingerprint density at radius 1 is 1.10 bits per heavy atom. The van der Waals surface area contributed by atoms with Gasteiger partial charge in [0.05, 0.1) is 20.3 Å². The standard InChI is InChI=1S/C15H17IN2O2/c1-19-12-6-7-13(14(9-12)20-2)15(18-17)10-4-3-5-11(16)8-10/h3-9,15,18H,17H2,1-2H3. The fourth-order valence-corrected chi connectivity index (χ4v) is 2.68. The van der Waals surface area contributed by atoms with Gasteiger partial charge in [0.25, 0.3) is 0 Å². The van der Waals surface area contributed by atoms with Crippen molar-refractivity contribution in [2.45, 2.75) is 6.04 Å². The third kappa shape index (κ3) is 3.23. The maximum Gasteiger partial charge on any atom is 0.127 e. The molecule has 5 heteroatoms. The van der Waals surface area contributed by atoms with Crippen molar-refractivity contribution in [2.75, 3.05) is 14.2 Å². The van der Waals surface area contributed by atoms with Gasteiger partial charge in [0.15, 0.2) is 0 Å². The van der Waals surface area contributed by atoms with E-state index in [0.717, 1.165) is 26.2 Å². The molecule has 0 aliphatic carbocycles. The molecule has 0 bridgehead atoms. The van der Waals surface area contributed by atoms with E-state index < -0.39 is 0 Å². The molecule has 0 spiro atoms. The Kier molecular flexibility index (Phi) is 5.22. The van der Waals surface area contributed by atoms with E-state index in [0.29, 0.717) is 0 Å². The summed E-state index contributed by atoms with van der Waals surface area (Å²) in [5.41, 5.74) is 4.91. The van der Waals surface area contributed by atoms with Crippen molar-refractivity contribution < 1.29 is 9.47 Å². The lowest BCUT2D eigenvalue weighted by Crippen LogP contribution is -2.29. The van der Waals surface area contributed by atoms with Gasteiger partial charge in [0, 0.05) is 15.2 Å². The van der Waals surface area contributed by atoms with Gasteiger partial charge in [0.1, 0.15) is 11.5 Å². The number of ether oxygens (including phenoxy) is 2. The molecule has 2 aromatic rings. The summed E-state index contributed by atoms with van der Waals surface area (Å²) < 4.78 is 11.8. The Balaban J connectivity index is 2.46. The van der Waals surface area contributed by atoms with Crippen LogP contribution in [0, 0.1) is 3.57 Å². The van der Waals surface area contributed by atoms with Gasteiger partial charge in [0.2, 0.25) is 0 Å². The van der Waals surface area contributed by atoms with E-state index in [1.54, 1.807) is 14.2 Å². The molecule has 0 saturated carbocycles. The minimum absolute atomic E-state index is 0.134. The van der Waals surface area contributed by atoms with Crippen LogP contribution in [0.3, 0.4) is 0 Å². The second-order valence-corrected chi connectivity index (χ2v) is 5.51. The summed E-state index contributed by atoms with van der Waals surface area (Å²) in [5, 5.41) is 0. The van der Waals surface area contributed by atoms with Crippen LogP contribution < -0.4 is 20.7 Å². The molecule has 1 atom stereocenters. The first kappa shape index (κ1) is 15.1. The van der Waals surface area contributed by atoms with Crippen molar-refractivity contribution in [1.29, 1.82) is 0 Å². The molecule has 0 aromatic heterocycles. The van der Waals surface area contributed by atoms with Gasteiger partial charge < -0.3 is 9.47 Å². The zero-order chi connectivity index (χ0) is 14.5. The summed E-state index contributed by atoms with van der Waals surface area (Å²) in [7, 11) is 3.27. The predicted octanol–water partition coefficient (Wildman–Crippen LogP) is 2.86. The van der Waals surface area contributed by atoms with Gasteiger partial charge in [-0.1, -0.05) is 12.1 Å². The predicted molar refractivity (Wildman–Crippen MR) is 87.9 cm³/mol. The molecule has 4 nitrogen and oxygen atoms in total. The number of nitrogens with two attached hydrogens (primary N) is 1. The fourth-order valence-electron chi connectivity index (χ4n) is 2.11. The molecule has 20 heavy (non-hydrogen) atoms. The highest BCUT2D eigenvalue weighted by Crippen LogP contribution is 2.32. The maximum atomic E-state index is 5.74. The molecule has 0 aliphatic rings. The van der Waals surface area contributed by atoms with Crippen LogP contribution in [-0.4, -0.2) is 14.2 Å². The Bertz CT molecular complexity index is 590. The van der Waals surface area contributed by atoms with Crippen LogP contribution in [0.25, 0.3) is 0 Å². The zero-order valence-corrected chi connectivity index (χ0v) is 13.5. The summed E-state index contributed by atoms with van der Waals surface area (Å²) >= 11 is 2.28. The Morgan fingerprint density at radius 2 is 1.90 bits per heavy atom. The molecule has 0 aliphatic heterocycles. The lowest BCUT2D eigenvalue weighted by Gasteiger charge is -2.20. The molecule has 1 unspecified atom stereocenters. The molecule has 3 N–H and O–H groups in total. The van der Waals surface area contributed by atoms with Crippen LogP contribution in [0.15, 0.2) is 42.5 Å². The number of methoxy groups -OCH3 is 2. The summed E-state index contributed by atoms with van der Waals surface area (Å²) in [6.45, 7) is 0. The van der Waals surface area contributed by atoms with Gasteiger partial charge in [-0.25, -0.2) is 5.43 Å². The summed E-state index contributed by atoms with van der Waals surface area (Å²) in [4.78, 5) is 0. The topological polar surface area (TPSA) is 56.5 Å². The molecule has 0 radical (unpaired) electrons.